The fraction of sp³-hybridized carbons (Fsp3) is 0.750. The van der Waals surface area contributed by atoms with E-state index in [0.717, 1.165) is 0 Å². The number of hydrogen-bond donors (Lipinski definition) is 0. The van der Waals surface area contributed by atoms with E-state index < -0.39 is 0 Å². The van der Waals surface area contributed by atoms with Crippen LogP contribution in [0.1, 0.15) is 6.42 Å². The molecule has 1 rings (SSSR count). The topological polar surface area (TPSA) is 26.3 Å². The average molecular weight is 165 g/mol. The molecule has 0 bridgehead atoms. The molecule has 3 heteroatoms. The molecule has 0 aliphatic carbocycles. The number of ether oxygens (including phenoxy) is 1. The van der Waals surface area contributed by atoms with Crippen LogP contribution < -0.4 is 0 Å². The monoisotopic (exact) mass is 164 g/mol. The molecule has 1 atom stereocenters. The van der Waals surface area contributed by atoms with Crippen molar-refractivity contribution >= 4 is 21.9 Å². The van der Waals surface area contributed by atoms with Gasteiger partial charge in [0.05, 0.1) is 11.2 Å². The van der Waals surface area contributed by atoms with Crippen molar-refractivity contribution in [2.45, 2.75) is 11.2 Å². The van der Waals surface area contributed by atoms with Crippen LogP contribution in [-0.4, -0.2) is 17.4 Å². The lowest BCUT2D eigenvalue weighted by Crippen LogP contribution is -1.91. The van der Waals surface area contributed by atoms with E-state index in [9.17, 15) is 4.79 Å². The van der Waals surface area contributed by atoms with Gasteiger partial charge in [0.2, 0.25) is 0 Å². The molecule has 0 radical (unpaired) electrons. The Bertz CT molecular complexity index is 91.7. The van der Waals surface area contributed by atoms with E-state index in [1.165, 1.54) is 0 Å². The molecule has 1 heterocycles. The van der Waals surface area contributed by atoms with Crippen LogP contribution in [0.15, 0.2) is 0 Å². The molecule has 0 aromatic heterocycles. The van der Waals surface area contributed by atoms with Gasteiger partial charge in [-0.25, -0.2) is 0 Å². The number of alkyl halides is 1. The van der Waals surface area contributed by atoms with Gasteiger partial charge in [0.1, 0.15) is 6.61 Å². The first kappa shape index (κ1) is 5.09. The van der Waals surface area contributed by atoms with Crippen LogP contribution in [0.3, 0.4) is 0 Å². The summed E-state index contributed by atoms with van der Waals surface area (Å²) in [6, 6.07) is 0. The SMILES string of the molecule is O=C1C[C@@H](Br)CO1. The standard InChI is InChI=1S/C4H5BrO2/c5-3-1-4(6)7-2-3/h3H,1-2H2/t3-/m1/s1. The normalized spacial score (nSPS) is 30.4. The maximum absolute atomic E-state index is 10.2. The van der Waals surface area contributed by atoms with E-state index in [0.29, 0.717) is 13.0 Å². The number of carbonyl (C=O) groups excluding carboxylic acids is 1. The predicted octanol–water partition coefficient (Wildman–Crippen LogP) is 0.697. The van der Waals surface area contributed by atoms with Crippen molar-refractivity contribution in [2.24, 2.45) is 0 Å². The Labute approximate surface area is 50.0 Å². The Hall–Kier alpha value is -0.0500. The third kappa shape index (κ3) is 1.16. The van der Waals surface area contributed by atoms with Gasteiger partial charge >= 0.3 is 5.97 Å². The van der Waals surface area contributed by atoms with Gasteiger partial charge in [0, 0.05) is 0 Å². The lowest BCUT2D eigenvalue weighted by molar-refractivity contribution is -0.137. The highest BCUT2D eigenvalue weighted by Gasteiger charge is 2.19. The summed E-state index contributed by atoms with van der Waals surface area (Å²) >= 11 is 3.23. The van der Waals surface area contributed by atoms with Crippen LogP contribution in [-0.2, 0) is 9.53 Å². The first-order valence-electron chi connectivity index (χ1n) is 2.09. The highest BCUT2D eigenvalue weighted by Crippen LogP contribution is 2.13. The number of esters is 1. The number of halogens is 1. The second-order valence-corrected chi connectivity index (χ2v) is 2.78. The molecule has 0 saturated carbocycles. The van der Waals surface area contributed by atoms with Crippen molar-refractivity contribution in [3.63, 3.8) is 0 Å². The maximum Gasteiger partial charge on any atom is 0.307 e. The van der Waals surface area contributed by atoms with Crippen molar-refractivity contribution < 1.29 is 9.53 Å². The lowest BCUT2D eigenvalue weighted by atomic mass is 10.4. The molecule has 1 saturated heterocycles. The van der Waals surface area contributed by atoms with Gasteiger partial charge < -0.3 is 4.74 Å². The number of cyclic esters (lactones) is 1. The third-order valence-corrected chi connectivity index (χ3v) is 1.40. The van der Waals surface area contributed by atoms with Gasteiger partial charge in [-0.15, -0.1) is 0 Å². The van der Waals surface area contributed by atoms with Crippen LogP contribution >= 0.6 is 15.9 Å². The van der Waals surface area contributed by atoms with Crippen LogP contribution in [0.2, 0.25) is 0 Å². The van der Waals surface area contributed by atoms with Gasteiger partial charge in [-0.3, -0.25) is 4.79 Å². The highest BCUT2D eigenvalue weighted by atomic mass is 79.9. The zero-order chi connectivity index (χ0) is 5.28. The van der Waals surface area contributed by atoms with Crippen molar-refractivity contribution in [3.05, 3.63) is 0 Å². The quantitative estimate of drug-likeness (QED) is 0.390. The first-order chi connectivity index (χ1) is 3.29. The Balaban J connectivity index is 2.40. The van der Waals surface area contributed by atoms with Crippen LogP contribution in [0.25, 0.3) is 0 Å². The van der Waals surface area contributed by atoms with E-state index in [4.69, 9.17) is 0 Å². The van der Waals surface area contributed by atoms with Gasteiger partial charge in [0.15, 0.2) is 0 Å². The van der Waals surface area contributed by atoms with Crippen molar-refractivity contribution in [1.82, 2.24) is 0 Å². The first-order valence-corrected chi connectivity index (χ1v) is 3.00. The minimum Gasteiger partial charge on any atom is -0.464 e. The van der Waals surface area contributed by atoms with E-state index in [2.05, 4.69) is 20.7 Å². The molecular formula is C4H5BrO2. The highest BCUT2D eigenvalue weighted by molar-refractivity contribution is 9.09. The summed E-state index contributed by atoms with van der Waals surface area (Å²) in [5, 5.41) is 0. The van der Waals surface area contributed by atoms with Crippen molar-refractivity contribution in [3.8, 4) is 0 Å². The Morgan fingerprint density at radius 1 is 1.86 bits per heavy atom. The Kier molecular flexibility index (Phi) is 1.32. The van der Waals surface area contributed by atoms with Crippen LogP contribution in [0, 0.1) is 0 Å². The molecule has 40 valence electrons. The lowest BCUT2D eigenvalue weighted by Gasteiger charge is -1.85. The molecule has 1 fully saturated rings. The van der Waals surface area contributed by atoms with Crippen molar-refractivity contribution in [2.75, 3.05) is 6.61 Å². The minimum absolute atomic E-state index is 0.0955. The molecule has 0 unspecified atom stereocenters. The molecule has 2 nitrogen and oxygen atoms in total. The Morgan fingerprint density at radius 3 is 2.71 bits per heavy atom. The summed E-state index contributed by atoms with van der Waals surface area (Å²) in [7, 11) is 0. The zero-order valence-electron chi connectivity index (χ0n) is 3.69. The van der Waals surface area contributed by atoms with E-state index in [-0.39, 0.29) is 10.8 Å². The van der Waals surface area contributed by atoms with Gasteiger partial charge in [-0.2, -0.15) is 0 Å². The van der Waals surface area contributed by atoms with Gasteiger partial charge in [0.25, 0.3) is 0 Å². The van der Waals surface area contributed by atoms with Crippen molar-refractivity contribution in [1.29, 1.82) is 0 Å². The van der Waals surface area contributed by atoms with Crippen LogP contribution in [0.4, 0.5) is 0 Å². The summed E-state index contributed by atoms with van der Waals surface area (Å²) in [5.74, 6) is -0.0955. The van der Waals surface area contributed by atoms with Gasteiger partial charge in [-0.05, 0) is 0 Å². The summed E-state index contributed by atoms with van der Waals surface area (Å²) in [4.78, 5) is 10.5. The molecule has 1 aliphatic heterocycles. The van der Waals surface area contributed by atoms with E-state index in [1.807, 2.05) is 0 Å². The predicted molar refractivity (Wildman–Crippen MR) is 28.3 cm³/mol. The summed E-state index contributed by atoms with van der Waals surface area (Å²) in [5.41, 5.74) is 0. The molecule has 1 aliphatic rings. The Morgan fingerprint density at radius 2 is 2.57 bits per heavy atom. The van der Waals surface area contributed by atoms with E-state index >= 15 is 0 Å². The summed E-state index contributed by atoms with van der Waals surface area (Å²) in [6.45, 7) is 0.541. The fourth-order valence-electron chi connectivity index (χ4n) is 0.482. The molecule has 0 amide bonds. The molecule has 0 spiro atoms. The molecule has 7 heavy (non-hydrogen) atoms. The maximum atomic E-state index is 10.2. The average Bonchev–Trinajstić information content (AvgIpc) is 1.87. The molecule has 0 N–H and O–H groups in total. The minimum atomic E-state index is -0.0955. The zero-order valence-corrected chi connectivity index (χ0v) is 5.27. The third-order valence-electron chi connectivity index (χ3n) is 0.813. The number of hydrogen-bond acceptors (Lipinski definition) is 2. The second-order valence-electron chi connectivity index (χ2n) is 1.48. The second kappa shape index (κ2) is 1.82. The van der Waals surface area contributed by atoms with Gasteiger partial charge in [-0.1, -0.05) is 15.9 Å². The number of carbonyl (C=O) groups is 1. The molecular weight excluding hydrogens is 160 g/mol. The summed E-state index contributed by atoms with van der Waals surface area (Å²) < 4.78 is 4.58. The summed E-state index contributed by atoms with van der Waals surface area (Å²) in [6.07, 6.45) is 0.528. The van der Waals surface area contributed by atoms with Crippen LogP contribution in [0.5, 0.6) is 0 Å². The smallest absolute Gasteiger partial charge is 0.307 e. The van der Waals surface area contributed by atoms with E-state index in [1.54, 1.807) is 0 Å². The molecule has 0 aromatic carbocycles. The fourth-order valence-corrected chi connectivity index (χ4v) is 0.879. The molecule has 0 aromatic rings. The number of rotatable bonds is 0. The largest absolute Gasteiger partial charge is 0.464 e.